The molecule has 0 radical (unpaired) electrons. The van der Waals surface area contributed by atoms with Crippen LogP contribution in [0.5, 0.6) is 0 Å². The lowest BCUT2D eigenvalue weighted by Crippen LogP contribution is -2.27. The predicted molar refractivity (Wildman–Crippen MR) is 322 cm³/mol. The van der Waals surface area contributed by atoms with Crippen LogP contribution in [0, 0.1) is 0 Å². The highest BCUT2D eigenvalue weighted by molar-refractivity contribution is 5.81. The van der Waals surface area contributed by atoms with Crippen molar-refractivity contribution in [1.29, 1.82) is 0 Å². The number of benzene rings is 9. The smallest absolute Gasteiger partial charge is 0.160 e. The molecule has 16 rings (SSSR count). The molecule has 0 saturated carbocycles. The van der Waals surface area contributed by atoms with Crippen LogP contribution in [0.4, 0.5) is 0 Å². The van der Waals surface area contributed by atoms with E-state index in [4.69, 9.17) is 19.9 Å². The summed E-state index contributed by atoms with van der Waals surface area (Å²) in [6.45, 7) is 0. The molecule has 6 heteroatoms. The zero-order valence-corrected chi connectivity index (χ0v) is 43.4. The zero-order chi connectivity index (χ0) is 52.9. The molecule has 4 aromatic heterocycles. The summed E-state index contributed by atoms with van der Waals surface area (Å²) < 4.78 is 0. The van der Waals surface area contributed by atoms with Gasteiger partial charge in [-0.25, -0.2) is 19.9 Å². The lowest BCUT2D eigenvalue weighted by Gasteiger charge is -2.42. The zero-order valence-electron chi connectivity index (χ0n) is 43.4. The molecular formula is C74H48N6. The first-order valence-electron chi connectivity index (χ1n) is 27.1. The number of aromatic nitrogens is 6. The van der Waals surface area contributed by atoms with E-state index in [1.54, 1.807) is 12.4 Å². The Morgan fingerprint density at radius 2 is 0.525 bits per heavy atom. The van der Waals surface area contributed by atoms with E-state index >= 15 is 0 Å². The van der Waals surface area contributed by atoms with Gasteiger partial charge in [-0.05, 0) is 115 Å². The van der Waals surface area contributed by atoms with E-state index in [9.17, 15) is 0 Å². The predicted octanol–water partition coefficient (Wildman–Crippen LogP) is 17.7. The molecule has 0 aliphatic heterocycles. The maximum atomic E-state index is 5.16. The molecule has 0 spiro atoms. The van der Waals surface area contributed by atoms with Crippen LogP contribution in [0.3, 0.4) is 0 Å². The van der Waals surface area contributed by atoms with Crippen LogP contribution < -0.4 is 0 Å². The highest BCUT2D eigenvalue weighted by Gasteiger charge is 2.41. The van der Waals surface area contributed by atoms with Crippen LogP contribution >= 0.6 is 0 Å². The topological polar surface area (TPSA) is 77.3 Å². The molecule has 0 fully saturated rings. The van der Waals surface area contributed by atoms with Crippen molar-refractivity contribution in [2.75, 3.05) is 0 Å². The second kappa shape index (κ2) is 19.8. The van der Waals surface area contributed by atoms with E-state index in [-0.39, 0.29) is 11.8 Å². The first-order valence-corrected chi connectivity index (χ1v) is 27.1. The maximum Gasteiger partial charge on any atom is 0.160 e. The third kappa shape index (κ3) is 8.56. The van der Waals surface area contributed by atoms with Gasteiger partial charge in [-0.2, -0.15) is 0 Å². The Hall–Kier alpha value is -10.6. The van der Waals surface area contributed by atoms with Gasteiger partial charge >= 0.3 is 0 Å². The van der Waals surface area contributed by atoms with Crippen LogP contribution in [0.25, 0.3) is 112 Å². The average Bonchev–Trinajstić information content (AvgIpc) is 3.67. The van der Waals surface area contributed by atoms with Gasteiger partial charge in [-0.1, -0.05) is 206 Å². The molecule has 13 aromatic rings. The fourth-order valence-corrected chi connectivity index (χ4v) is 11.9. The van der Waals surface area contributed by atoms with Crippen LogP contribution in [-0.2, 0) is 0 Å². The number of nitrogens with zero attached hydrogens (tertiary/aromatic N) is 6. The summed E-state index contributed by atoms with van der Waals surface area (Å²) in [7, 11) is 0. The first kappa shape index (κ1) is 46.7. The Kier molecular flexibility index (Phi) is 11.6. The van der Waals surface area contributed by atoms with Crippen molar-refractivity contribution in [3.8, 4) is 112 Å². The van der Waals surface area contributed by atoms with Crippen LogP contribution in [0.2, 0.25) is 0 Å². The second-order valence-electron chi connectivity index (χ2n) is 20.6. The molecule has 2 unspecified atom stereocenters. The van der Waals surface area contributed by atoms with Crippen molar-refractivity contribution in [3.05, 3.63) is 313 Å². The minimum atomic E-state index is 0.125. The molecule has 9 aromatic carbocycles. The van der Waals surface area contributed by atoms with E-state index in [2.05, 4.69) is 216 Å². The summed E-state index contributed by atoms with van der Waals surface area (Å²) >= 11 is 0. The monoisotopic (exact) mass is 1020 g/mol. The lowest BCUT2D eigenvalue weighted by atomic mass is 9.60. The molecule has 3 aliphatic rings. The third-order valence-electron chi connectivity index (χ3n) is 15.9. The fourth-order valence-electron chi connectivity index (χ4n) is 11.9. The van der Waals surface area contributed by atoms with Gasteiger partial charge in [0.25, 0.3) is 0 Å². The van der Waals surface area contributed by atoms with E-state index in [0.717, 1.165) is 89.5 Å². The van der Waals surface area contributed by atoms with Gasteiger partial charge in [-0.15, -0.1) is 0 Å². The summed E-state index contributed by atoms with van der Waals surface area (Å²) in [6.07, 6.45) is 7.40. The van der Waals surface area contributed by atoms with Crippen LogP contribution in [-0.4, -0.2) is 29.9 Å². The Morgan fingerprint density at radius 3 is 0.938 bits per heavy atom. The highest BCUT2D eigenvalue weighted by Crippen LogP contribution is 2.57. The van der Waals surface area contributed by atoms with E-state index in [1.165, 1.54) is 44.5 Å². The fraction of sp³-hybridized carbons (Fsp3) is 0.0270. The standard InChI is InChI=1S/C74H48N6/c1-3-13-51(14-4-1)73-77-67(43-69(79-73)57-19-9-17-53(39-57)59-21-11-37-75-45-59)49-29-25-47(26-30-49)55-33-35-63-65(41-55)71-61-23-7-8-24-62(61)72(63)66-42-56(34-36-64(66)71)48-27-31-50(32-28-48)68-44-70(80-74(78-68)52-15-5-2-6-16-52)58-20-10-18-54(40-58)60-22-12-38-76-46-60/h1-46,71-72H. The summed E-state index contributed by atoms with van der Waals surface area (Å²) in [5.74, 6) is 1.63. The van der Waals surface area contributed by atoms with Crippen molar-refractivity contribution in [2.45, 2.75) is 11.8 Å². The van der Waals surface area contributed by atoms with E-state index in [1.807, 2.05) is 60.9 Å². The number of hydrogen-bond donors (Lipinski definition) is 0. The highest BCUT2D eigenvalue weighted by atomic mass is 14.9. The minimum Gasteiger partial charge on any atom is -0.264 e. The number of hydrogen-bond acceptors (Lipinski definition) is 6. The molecule has 374 valence electrons. The van der Waals surface area contributed by atoms with Gasteiger partial charge in [0.15, 0.2) is 11.6 Å². The van der Waals surface area contributed by atoms with Crippen molar-refractivity contribution in [3.63, 3.8) is 0 Å². The van der Waals surface area contributed by atoms with Crippen molar-refractivity contribution in [2.24, 2.45) is 0 Å². The third-order valence-corrected chi connectivity index (χ3v) is 15.9. The first-order chi connectivity index (χ1) is 39.6. The van der Waals surface area contributed by atoms with Gasteiger partial charge < -0.3 is 0 Å². The van der Waals surface area contributed by atoms with E-state index in [0.29, 0.717) is 11.6 Å². The largest absolute Gasteiger partial charge is 0.264 e. The van der Waals surface area contributed by atoms with Crippen LogP contribution in [0.15, 0.2) is 280 Å². The molecule has 0 N–H and O–H groups in total. The Balaban J connectivity index is 0.737. The summed E-state index contributed by atoms with van der Waals surface area (Å²) in [4.78, 5) is 29.3. The van der Waals surface area contributed by atoms with Gasteiger partial charge in [-0.3, -0.25) is 9.97 Å². The second-order valence-corrected chi connectivity index (χ2v) is 20.6. The summed E-state index contributed by atoms with van der Waals surface area (Å²) in [6, 6.07) is 90.8. The molecule has 6 nitrogen and oxygen atoms in total. The Bertz CT molecular complexity index is 4160. The average molecular weight is 1020 g/mol. The molecule has 4 heterocycles. The quantitative estimate of drug-likeness (QED) is 0.136. The maximum absolute atomic E-state index is 5.16. The van der Waals surface area contributed by atoms with Gasteiger partial charge in [0.05, 0.1) is 22.8 Å². The van der Waals surface area contributed by atoms with Gasteiger partial charge in [0, 0.05) is 81.1 Å². The molecular weight excluding hydrogens is 973 g/mol. The number of pyridine rings is 2. The molecule has 3 aliphatic carbocycles. The number of rotatable bonds is 10. The minimum absolute atomic E-state index is 0.125. The van der Waals surface area contributed by atoms with Crippen molar-refractivity contribution >= 4 is 0 Å². The molecule has 80 heavy (non-hydrogen) atoms. The van der Waals surface area contributed by atoms with E-state index < -0.39 is 0 Å². The Morgan fingerprint density at radius 1 is 0.200 bits per heavy atom. The summed E-state index contributed by atoms with van der Waals surface area (Å²) in [5, 5.41) is 0. The SMILES string of the molecule is c1ccc(-c2nc(-c3ccc(-c4ccc5c(c4)C4c6ccccc6C5c5cc(-c6ccc(-c7cc(-c8cccc(-c9cccnc9)c8)nc(-c8ccccc8)n7)cc6)ccc54)cc3)cc(-c3cccc(-c4cccnc4)c3)n2)cc1. The Labute approximate surface area is 464 Å². The molecule has 2 atom stereocenters. The molecule has 0 amide bonds. The summed E-state index contributed by atoms with van der Waals surface area (Å²) in [5.41, 5.74) is 26.8. The molecule has 0 saturated heterocycles. The lowest BCUT2D eigenvalue weighted by molar-refractivity contribution is 0.755. The molecule has 2 bridgehead atoms. The normalized spacial score (nSPS) is 13.8. The van der Waals surface area contributed by atoms with Crippen molar-refractivity contribution < 1.29 is 0 Å². The van der Waals surface area contributed by atoms with Crippen LogP contribution in [0.1, 0.15) is 45.2 Å². The van der Waals surface area contributed by atoms with Gasteiger partial charge in [0.1, 0.15) is 0 Å². The van der Waals surface area contributed by atoms with Crippen molar-refractivity contribution in [1.82, 2.24) is 29.9 Å². The van der Waals surface area contributed by atoms with Gasteiger partial charge in [0.2, 0.25) is 0 Å².